The standard InChI is InChI=1S/C17H25N3O4S/c1-11-13(12(2)19-16(18-11)25-3)4-5-14(21)20-17(10-15(22)23)6-8-24-9-7-17/h4-10H2,1-3H3,(H,20,21)(H,22,23). The van der Waals surface area contributed by atoms with Gasteiger partial charge in [-0.2, -0.15) is 0 Å². The molecule has 0 spiro atoms. The normalized spacial score (nSPS) is 16.4. The molecule has 1 saturated heterocycles. The van der Waals surface area contributed by atoms with Gasteiger partial charge >= 0.3 is 5.97 Å². The fourth-order valence-electron chi connectivity index (χ4n) is 3.16. The molecule has 138 valence electrons. The summed E-state index contributed by atoms with van der Waals surface area (Å²) >= 11 is 1.49. The number of aromatic nitrogens is 2. The molecule has 1 aromatic rings. The van der Waals surface area contributed by atoms with Crippen molar-refractivity contribution < 1.29 is 19.4 Å². The van der Waals surface area contributed by atoms with E-state index in [0.717, 1.165) is 22.1 Å². The highest BCUT2D eigenvalue weighted by atomic mass is 32.2. The first-order valence-electron chi connectivity index (χ1n) is 8.34. The van der Waals surface area contributed by atoms with Crippen LogP contribution in [0.25, 0.3) is 0 Å². The van der Waals surface area contributed by atoms with Crippen LogP contribution in [0.2, 0.25) is 0 Å². The summed E-state index contributed by atoms with van der Waals surface area (Å²) in [5, 5.41) is 12.8. The number of thioether (sulfide) groups is 1. The molecule has 1 fully saturated rings. The van der Waals surface area contributed by atoms with Gasteiger partial charge in [0, 0.05) is 31.0 Å². The van der Waals surface area contributed by atoms with E-state index in [1.807, 2.05) is 20.1 Å². The second-order valence-corrected chi connectivity index (χ2v) is 7.14. The Morgan fingerprint density at radius 1 is 1.24 bits per heavy atom. The Bertz CT molecular complexity index is 622. The summed E-state index contributed by atoms with van der Waals surface area (Å²) in [4.78, 5) is 32.4. The van der Waals surface area contributed by atoms with Crippen molar-refractivity contribution >= 4 is 23.6 Å². The van der Waals surface area contributed by atoms with Gasteiger partial charge in [0.25, 0.3) is 0 Å². The second kappa shape index (κ2) is 8.62. The summed E-state index contributed by atoms with van der Waals surface area (Å²) in [6.45, 7) is 4.78. The van der Waals surface area contributed by atoms with Gasteiger partial charge < -0.3 is 15.2 Å². The fourth-order valence-corrected chi connectivity index (χ4v) is 3.61. The minimum Gasteiger partial charge on any atom is -0.481 e. The molecule has 2 N–H and O–H groups in total. The number of aryl methyl sites for hydroxylation is 2. The Morgan fingerprint density at radius 2 is 1.84 bits per heavy atom. The lowest BCUT2D eigenvalue weighted by Crippen LogP contribution is -2.53. The number of nitrogens with zero attached hydrogens (tertiary/aromatic N) is 2. The first-order valence-corrected chi connectivity index (χ1v) is 9.56. The summed E-state index contributed by atoms with van der Waals surface area (Å²) in [6.07, 6.45) is 3.72. The Balaban J connectivity index is 2.01. The lowest BCUT2D eigenvalue weighted by Gasteiger charge is -2.36. The fraction of sp³-hybridized carbons (Fsp3) is 0.647. The molecule has 2 rings (SSSR count). The molecule has 7 nitrogen and oxygen atoms in total. The molecule has 1 aromatic heterocycles. The van der Waals surface area contributed by atoms with Crippen LogP contribution in [0, 0.1) is 13.8 Å². The predicted octanol–water partition coefficient (Wildman–Crippen LogP) is 1.89. The molecule has 0 bridgehead atoms. The third-order valence-electron chi connectivity index (χ3n) is 4.53. The van der Waals surface area contributed by atoms with Crippen molar-refractivity contribution in [1.82, 2.24) is 15.3 Å². The highest BCUT2D eigenvalue weighted by Gasteiger charge is 2.36. The number of rotatable bonds is 7. The van der Waals surface area contributed by atoms with Gasteiger partial charge in [-0.25, -0.2) is 9.97 Å². The van der Waals surface area contributed by atoms with Crippen molar-refractivity contribution in [2.45, 2.75) is 56.6 Å². The van der Waals surface area contributed by atoms with Crippen molar-refractivity contribution in [2.75, 3.05) is 19.5 Å². The molecule has 0 saturated carbocycles. The highest BCUT2D eigenvalue weighted by Crippen LogP contribution is 2.25. The van der Waals surface area contributed by atoms with Gasteiger partial charge in [-0.05, 0) is 44.9 Å². The molecule has 0 radical (unpaired) electrons. The Hall–Kier alpha value is -1.67. The first kappa shape index (κ1) is 19.7. The number of carbonyl (C=O) groups is 2. The average Bonchev–Trinajstić information content (AvgIpc) is 2.53. The molecule has 0 atom stereocenters. The molecule has 1 amide bonds. The molecule has 0 unspecified atom stereocenters. The van der Waals surface area contributed by atoms with E-state index in [-0.39, 0.29) is 18.7 Å². The molecule has 2 heterocycles. The predicted molar refractivity (Wildman–Crippen MR) is 94.8 cm³/mol. The summed E-state index contributed by atoms with van der Waals surface area (Å²) in [5.41, 5.74) is 2.05. The van der Waals surface area contributed by atoms with E-state index >= 15 is 0 Å². The van der Waals surface area contributed by atoms with Gasteiger partial charge in [0.2, 0.25) is 5.91 Å². The summed E-state index contributed by atoms with van der Waals surface area (Å²) in [5.74, 6) is -1.05. The largest absolute Gasteiger partial charge is 0.481 e. The van der Waals surface area contributed by atoms with Crippen LogP contribution in [0.15, 0.2) is 5.16 Å². The molecular formula is C17H25N3O4S. The number of hydrogen-bond acceptors (Lipinski definition) is 6. The van der Waals surface area contributed by atoms with Crippen LogP contribution in [0.5, 0.6) is 0 Å². The minimum absolute atomic E-state index is 0.0777. The van der Waals surface area contributed by atoms with Crippen molar-refractivity contribution in [1.29, 1.82) is 0 Å². The number of carboxylic acids is 1. The Kier molecular flexibility index (Phi) is 6.78. The topological polar surface area (TPSA) is 101 Å². The third kappa shape index (κ3) is 5.40. The van der Waals surface area contributed by atoms with Gasteiger partial charge in [-0.1, -0.05) is 11.8 Å². The summed E-state index contributed by atoms with van der Waals surface area (Å²) in [6, 6.07) is 0. The monoisotopic (exact) mass is 367 g/mol. The van der Waals surface area contributed by atoms with Crippen LogP contribution in [0.1, 0.15) is 42.6 Å². The van der Waals surface area contributed by atoms with Gasteiger partial charge in [0.15, 0.2) is 5.16 Å². The summed E-state index contributed by atoms with van der Waals surface area (Å²) < 4.78 is 5.31. The van der Waals surface area contributed by atoms with Crippen LogP contribution in [-0.2, 0) is 20.7 Å². The van der Waals surface area contributed by atoms with E-state index < -0.39 is 11.5 Å². The van der Waals surface area contributed by atoms with Crippen LogP contribution >= 0.6 is 11.8 Å². The summed E-state index contributed by atoms with van der Waals surface area (Å²) in [7, 11) is 0. The molecular weight excluding hydrogens is 342 g/mol. The lowest BCUT2D eigenvalue weighted by atomic mass is 9.86. The molecule has 8 heteroatoms. The molecule has 0 aliphatic carbocycles. The quantitative estimate of drug-likeness (QED) is 0.560. The zero-order chi connectivity index (χ0) is 18.4. The van der Waals surface area contributed by atoms with Crippen LogP contribution < -0.4 is 5.32 Å². The molecule has 25 heavy (non-hydrogen) atoms. The number of ether oxygens (including phenoxy) is 1. The van der Waals surface area contributed by atoms with Gasteiger partial charge in [-0.15, -0.1) is 0 Å². The van der Waals surface area contributed by atoms with Crippen molar-refractivity contribution in [3.05, 3.63) is 17.0 Å². The Morgan fingerprint density at radius 3 is 2.36 bits per heavy atom. The van der Waals surface area contributed by atoms with E-state index in [9.17, 15) is 9.59 Å². The number of nitrogens with one attached hydrogen (secondary N) is 1. The number of aliphatic carboxylic acids is 1. The van der Waals surface area contributed by atoms with Gasteiger partial charge in [0.1, 0.15) is 0 Å². The zero-order valence-corrected chi connectivity index (χ0v) is 15.7. The smallest absolute Gasteiger partial charge is 0.305 e. The van der Waals surface area contributed by atoms with E-state index in [4.69, 9.17) is 9.84 Å². The van der Waals surface area contributed by atoms with Crippen LogP contribution in [0.3, 0.4) is 0 Å². The Labute approximate surface area is 152 Å². The number of carbonyl (C=O) groups excluding carboxylic acids is 1. The van der Waals surface area contributed by atoms with Crippen molar-refractivity contribution in [3.63, 3.8) is 0 Å². The average molecular weight is 367 g/mol. The number of amides is 1. The van der Waals surface area contributed by atoms with E-state index in [1.165, 1.54) is 11.8 Å². The number of hydrogen-bond donors (Lipinski definition) is 2. The third-order valence-corrected chi connectivity index (χ3v) is 5.08. The minimum atomic E-state index is -0.907. The maximum absolute atomic E-state index is 12.4. The van der Waals surface area contributed by atoms with E-state index in [2.05, 4.69) is 15.3 Å². The molecule has 1 aliphatic rings. The van der Waals surface area contributed by atoms with Gasteiger partial charge in [0.05, 0.1) is 12.0 Å². The molecule has 0 aromatic carbocycles. The first-order chi connectivity index (χ1) is 11.8. The van der Waals surface area contributed by atoms with Crippen molar-refractivity contribution in [2.24, 2.45) is 0 Å². The van der Waals surface area contributed by atoms with E-state index in [1.54, 1.807) is 0 Å². The number of carboxylic acid groups (broad SMARTS) is 1. The van der Waals surface area contributed by atoms with E-state index in [0.29, 0.717) is 32.5 Å². The highest BCUT2D eigenvalue weighted by molar-refractivity contribution is 7.98. The lowest BCUT2D eigenvalue weighted by molar-refractivity contribution is -0.140. The maximum Gasteiger partial charge on any atom is 0.305 e. The van der Waals surface area contributed by atoms with Crippen LogP contribution in [-0.4, -0.2) is 52.0 Å². The van der Waals surface area contributed by atoms with Gasteiger partial charge in [-0.3, -0.25) is 9.59 Å². The maximum atomic E-state index is 12.4. The second-order valence-electron chi connectivity index (χ2n) is 6.37. The van der Waals surface area contributed by atoms with Crippen LogP contribution in [0.4, 0.5) is 0 Å². The zero-order valence-electron chi connectivity index (χ0n) is 14.9. The SMILES string of the molecule is CSc1nc(C)c(CCC(=O)NC2(CC(=O)O)CCOCC2)c(C)n1. The molecule has 1 aliphatic heterocycles. The van der Waals surface area contributed by atoms with Crippen molar-refractivity contribution in [3.8, 4) is 0 Å².